The number of rotatable bonds is 3. The molecule has 3 nitrogen and oxygen atoms in total. The Hall–Kier alpha value is -2.68. The lowest BCUT2D eigenvalue weighted by Gasteiger charge is -2.06. The van der Waals surface area contributed by atoms with Crippen LogP contribution in [-0.4, -0.2) is 9.97 Å². The van der Waals surface area contributed by atoms with Crippen LogP contribution in [0.4, 0.5) is 5.95 Å². The van der Waals surface area contributed by atoms with E-state index in [4.69, 9.17) is 5.73 Å². The van der Waals surface area contributed by atoms with Crippen LogP contribution >= 0.6 is 0 Å². The van der Waals surface area contributed by atoms with Crippen molar-refractivity contribution >= 4 is 5.95 Å². The van der Waals surface area contributed by atoms with E-state index in [1.54, 1.807) is 0 Å². The molecule has 0 aliphatic heterocycles. The second kappa shape index (κ2) is 5.75. The van der Waals surface area contributed by atoms with Gasteiger partial charge in [0.05, 0.1) is 5.69 Å². The molecule has 0 bridgehead atoms. The van der Waals surface area contributed by atoms with Crippen molar-refractivity contribution in [1.29, 1.82) is 0 Å². The van der Waals surface area contributed by atoms with Gasteiger partial charge in [-0.05, 0) is 30.5 Å². The first-order valence-electron chi connectivity index (χ1n) is 6.95. The van der Waals surface area contributed by atoms with E-state index in [0.717, 1.165) is 23.4 Å². The predicted molar refractivity (Wildman–Crippen MR) is 85.9 cm³/mol. The first kappa shape index (κ1) is 13.3. The molecule has 0 spiro atoms. The van der Waals surface area contributed by atoms with E-state index in [2.05, 4.69) is 58.5 Å². The summed E-state index contributed by atoms with van der Waals surface area (Å²) in [6.45, 7) is 1.92. The van der Waals surface area contributed by atoms with Crippen LogP contribution in [0.25, 0.3) is 11.3 Å². The van der Waals surface area contributed by atoms with Gasteiger partial charge in [0, 0.05) is 11.3 Å². The van der Waals surface area contributed by atoms with Crippen LogP contribution in [0.5, 0.6) is 0 Å². The van der Waals surface area contributed by atoms with Gasteiger partial charge < -0.3 is 5.73 Å². The average Bonchev–Trinajstić information content (AvgIpc) is 2.48. The van der Waals surface area contributed by atoms with Crippen LogP contribution in [0.2, 0.25) is 0 Å². The molecule has 3 rings (SSSR count). The third-order valence-corrected chi connectivity index (χ3v) is 3.37. The molecule has 2 N–H and O–H groups in total. The zero-order valence-corrected chi connectivity index (χ0v) is 12.0. The third kappa shape index (κ3) is 3.26. The second-order valence-electron chi connectivity index (χ2n) is 5.11. The van der Waals surface area contributed by atoms with Gasteiger partial charge in [-0.15, -0.1) is 0 Å². The van der Waals surface area contributed by atoms with Crippen molar-refractivity contribution in [3.05, 3.63) is 77.5 Å². The number of anilines is 1. The van der Waals surface area contributed by atoms with Crippen LogP contribution in [0.1, 0.15) is 16.8 Å². The normalized spacial score (nSPS) is 10.5. The molecule has 0 radical (unpaired) electrons. The molecule has 0 aliphatic carbocycles. The topological polar surface area (TPSA) is 51.8 Å². The molecule has 3 aromatic rings. The minimum atomic E-state index is 0.318. The summed E-state index contributed by atoms with van der Waals surface area (Å²) in [4.78, 5) is 8.38. The minimum Gasteiger partial charge on any atom is -0.368 e. The van der Waals surface area contributed by atoms with E-state index < -0.39 is 0 Å². The molecular formula is C18H17N3. The van der Waals surface area contributed by atoms with Gasteiger partial charge in [0.2, 0.25) is 5.95 Å². The summed E-state index contributed by atoms with van der Waals surface area (Å²) in [7, 11) is 0. The fourth-order valence-corrected chi connectivity index (χ4v) is 2.36. The van der Waals surface area contributed by atoms with Crippen LogP contribution in [0.3, 0.4) is 0 Å². The molecule has 0 saturated heterocycles. The lowest BCUT2D eigenvalue weighted by molar-refractivity contribution is 1.12. The highest BCUT2D eigenvalue weighted by Crippen LogP contribution is 2.20. The number of aryl methyl sites for hydroxylation is 1. The Morgan fingerprint density at radius 1 is 0.857 bits per heavy atom. The molecule has 0 saturated carbocycles. The maximum Gasteiger partial charge on any atom is 0.220 e. The molecule has 1 heterocycles. The van der Waals surface area contributed by atoms with Gasteiger partial charge in [-0.25, -0.2) is 9.97 Å². The van der Waals surface area contributed by atoms with Crippen LogP contribution < -0.4 is 5.73 Å². The fraction of sp³-hybridized carbons (Fsp3) is 0.111. The minimum absolute atomic E-state index is 0.318. The summed E-state index contributed by atoms with van der Waals surface area (Å²) >= 11 is 0. The maximum atomic E-state index is 5.71. The molecule has 3 heteroatoms. The van der Waals surface area contributed by atoms with Crippen molar-refractivity contribution in [2.45, 2.75) is 13.3 Å². The van der Waals surface area contributed by atoms with Gasteiger partial charge in [-0.3, -0.25) is 0 Å². The molecule has 0 fully saturated rings. The zero-order chi connectivity index (χ0) is 14.7. The van der Waals surface area contributed by atoms with Crippen LogP contribution in [0, 0.1) is 6.92 Å². The maximum absolute atomic E-state index is 5.71. The van der Waals surface area contributed by atoms with Gasteiger partial charge >= 0.3 is 0 Å². The third-order valence-electron chi connectivity index (χ3n) is 3.37. The molecule has 2 aromatic carbocycles. The SMILES string of the molecule is Cc1cc(-c2ccc(Cc3ccccc3)cc2)nc(N)n1. The fourth-order valence-electron chi connectivity index (χ4n) is 2.36. The number of benzene rings is 2. The lowest BCUT2D eigenvalue weighted by Crippen LogP contribution is -1.98. The second-order valence-corrected chi connectivity index (χ2v) is 5.11. The molecule has 0 atom stereocenters. The molecule has 0 amide bonds. The Labute approximate surface area is 124 Å². The molecule has 0 unspecified atom stereocenters. The van der Waals surface area contributed by atoms with Crippen molar-refractivity contribution in [2.75, 3.05) is 5.73 Å². The highest BCUT2D eigenvalue weighted by Gasteiger charge is 2.03. The van der Waals surface area contributed by atoms with E-state index in [9.17, 15) is 0 Å². The smallest absolute Gasteiger partial charge is 0.220 e. The van der Waals surface area contributed by atoms with E-state index in [-0.39, 0.29) is 0 Å². The van der Waals surface area contributed by atoms with Gasteiger partial charge in [-0.2, -0.15) is 0 Å². The molecule has 1 aromatic heterocycles. The number of nitrogens with two attached hydrogens (primary N) is 1. The number of hydrogen-bond donors (Lipinski definition) is 1. The van der Waals surface area contributed by atoms with Crippen molar-refractivity contribution in [3.8, 4) is 11.3 Å². The molecule has 21 heavy (non-hydrogen) atoms. The van der Waals surface area contributed by atoms with E-state index in [0.29, 0.717) is 5.95 Å². The first-order valence-corrected chi connectivity index (χ1v) is 6.95. The molecule has 104 valence electrons. The Morgan fingerprint density at radius 3 is 2.19 bits per heavy atom. The quantitative estimate of drug-likeness (QED) is 0.794. The van der Waals surface area contributed by atoms with Gasteiger partial charge in [0.25, 0.3) is 0 Å². The van der Waals surface area contributed by atoms with E-state index >= 15 is 0 Å². The predicted octanol–water partition coefficient (Wildman–Crippen LogP) is 3.63. The molecular weight excluding hydrogens is 258 g/mol. The number of nitrogens with zero attached hydrogens (tertiary/aromatic N) is 2. The standard InChI is InChI=1S/C18H17N3/c1-13-11-17(21-18(19)20-13)16-9-7-15(8-10-16)12-14-5-3-2-4-6-14/h2-11H,12H2,1H3,(H2,19,20,21). The summed E-state index contributed by atoms with van der Waals surface area (Å²) in [6, 6.07) is 20.8. The van der Waals surface area contributed by atoms with Crippen LogP contribution in [-0.2, 0) is 6.42 Å². The number of nitrogen functional groups attached to an aromatic ring is 1. The monoisotopic (exact) mass is 275 g/mol. The Kier molecular flexibility index (Phi) is 3.65. The Morgan fingerprint density at radius 2 is 1.52 bits per heavy atom. The Bertz CT molecular complexity index is 714. The van der Waals surface area contributed by atoms with Gasteiger partial charge in [0.1, 0.15) is 0 Å². The van der Waals surface area contributed by atoms with Crippen molar-refractivity contribution in [2.24, 2.45) is 0 Å². The highest BCUT2D eigenvalue weighted by atomic mass is 15.0. The summed E-state index contributed by atoms with van der Waals surface area (Å²) < 4.78 is 0. The highest BCUT2D eigenvalue weighted by molar-refractivity contribution is 5.61. The summed E-state index contributed by atoms with van der Waals surface area (Å²) in [5.41, 5.74) is 11.1. The van der Waals surface area contributed by atoms with Crippen LogP contribution in [0.15, 0.2) is 60.7 Å². The van der Waals surface area contributed by atoms with E-state index in [1.807, 2.05) is 19.1 Å². The zero-order valence-electron chi connectivity index (χ0n) is 12.0. The van der Waals surface area contributed by atoms with Gasteiger partial charge in [0.15, 0.2) is 0 Å². The summed E-state index contributed by atoms with van der Waals surface area (Å²) in [5.74, 6) is 0.318. The van der Waals surface area contributed by atoms with Crippen molar-refractivity contribution in [3.63, 3.8) is 0 Å². The molecule has 0 aliphatic rings. The van der Waals surface area contributed by atoms with Gasteiger partial charge in [-0.1, -0.05) is 54.6 Å². The average molecular weight is 275 g/mol. The number of aromatic nitrogens is 2. The largest absolute Gasteiger partial charge is 0.368 e. The number of hydrogen-bond acceptors (Lipinski definition) is 3. The lowest BCUT2D eigenvalue weighted by atomic mass is 10.0. The van der Waals surface area contributed by atoms with E-state index in [1.165, 1.54) is 11.1 Å². The Balaban J connectivity index is 1.84. The van der Waals surface area contributed by atoms with Crippen molar-refractivity contribution in [1.82, 2.24) is 9.97 Å². The first-order chi connectivity index (χ1) is 10.2. The van der Waals surface area contributed by atoms with Crippen molar-refractivity contribution < 1.29 is 0 Å². The summed E-state index contributed by atoms with van der Waals surface area (Å²) in [5, 5.41) is 0. The summed E-state index contributed by atoms with van der Waals surface area (Å²) in [6.07, 6.45) is 0.937.